The molecule has 0 radical (unpaired) electrons. The summed E-state index contributed by atoms with van der Waals surface area (Å²) in [5.74, 6) is 2.36. The molecule has 0 aromatic heterocycles. The van der Waals surface area contributed by atoms with Gasteiger partial charge in [0.05, 0.1) is 6.10 Å². The largest absolute Gasteiger partial charge is 0.491 e. The molecule has 1 saturated heterocycles. The highest BCUT2D eigenvalue weighted by atomic mass is 16.5. The van der Waals surface area contributed by atoms with Crippen molar-refractivity contribution in [3.05, 3.63) is 76.9 Å². The Hall–Kier alpha value is -3.02. The maximum absolute atomic E-state index is 10.7. The molecule has 1 aliphatic heterocycles. The van der Waals surface area contributed by atoms with Crippen molar-refractivity contribution in [3.63, 3.8) is 0 Å². The van der Waals surface area contributed by atoms with Crippen molar-refractivity contribution >= 4 is 5.69 Å². The Kier molecular flexibility index (Phi) is 8.79. The molecule has 2 aliphatic rings. The molecule has 5 rings (SSSR count). The summed E-state index contributed by atoms with van der Waals surface area (Å²) >= 11 is 0. The number of anilines is 1. The van der Waals surface area contributed by atoms with Gasteiger partial charge < -0.3 is 25.2 Å². The number of β-amino-alcohol motifs (C(OH)–C–C–N with tert-alkyl or cyclic N) is 1. The van der Waals surface area contributed by atoms with Crippen LogP contribution in [0, 0.1) is 20.8 Å². The van der Waals surface area contributed by atoms with E-state index in [0.717, 1.165) is 59.8 Å². The van der Waals surface area contributed by atoms with Crippen molar-refractivity contribution < 1.29 is 14.6 Å². The van der Waals surface area contributed by atoms with Crippen LogP contribution in [0.3, 0.4) is 0 Å². The monoisotopic (exact) mass is 528 g/mol. The number of hydrogen-bond acceptors (Lipinski definition) is 5. The summed E-state index contributed by atoms with van der Waals surface area (Å²) in [6, 6.07) is 19.6. The van der Waals surface area contributed by atoms with Gasteiger partial charge in [-0.15, -0.1) is 0 Å². The topological polar surface area (TPSA) is 68.0 Å². The Morgan fingerprint density at radius 2 is 1.49 bits per heavy atom. The molecule has 5 heteroatoms. The summed E-state index contributed by atoms with van der Waals surface area (Å²) < 4.78 is 12.1. The number of hydrogen-bond donors (Lipinski definition) is 2. The molecule has 2 fully saturated rings. The standard InChI is InChI=1S/C34H44N2O3/c1-23-20-33(24(2)25(3)34(23)35)38-22-30(37)21-36-18-16-29(17-19-36)27-10-8-26(9-11-27)28-12-14-32(15-13-28)39-31-6-4-5-7-31/h8-15,20,29-31,37H,4-7,16-19,21-22,35H2,1-3H3. The molecule has 1 atom stereocenters. The van der Waals surface area contributed by atoms with Gasteiger partial charge >= 0.3 is 0 Å². The second-order valence-corrected chi connectivity index (χ2v) is 11.6. The Bertz CT molecular complexity index is 1220. The van der Waals surface area contributed by atoms with Crippen molar-refractivity contribution in [1.82, 2.24) is 4.90 Å². The van der Waals surface area contributed by atoms with Gasteiger partial charge in [0.15, 0.2) is 0 Å². The van der Waals surface area contributed by atoms with E-state index >= 15 is 0 Å². The Labute approximate surface area is 233 Å². The maximum atomic E-state index is 10.7. The zero-order chi connectivity index (χ0) is 27.4. The highest BCUT2D eigenvalue weighted by molar-refractivity contribution is 5.64. The highest BCUT2D eigenvalue weighted by Gasteiger charge is 2.23. The van der Waals surface area contributed by atoms with E-state index in [-0.39, 0.29) is 0 Å². The van der Waals surface area contributed by atoms with Crippen LogP contribution >= 0.6 is 0 Å². The zero-order valence-electron chi connectivity index (χ0n) is 23.8. The van der Waals surface area contributed by atoms with Crippen molar-refractivity contribution in [3.8, 4) is 22.6 Å². The molecular weight excluding hydrogens is 484 g/mol. The molecule has 0 spiro atoms. The van der Waals surface area contributed by atoms with Crippen LogP contribution in [0.1, 0.15) is 66.7 Å². The Morgan fingerprint density at radius 1 is 0.872 bits per heavy atom. The smallest absolute Gasteiger partial charge is 0.123 e. The molecule has 1 aliphatic carbocycles. The predicted octanol–water partition coefficient (Wildman–Crippen LogP) is 6.80. The van der Waals surface area contributed by atoms with E-state index in [1.54, 1.807) is 0 Å². The number of likely N-dealkylation sites (tertiary alicyclic amines) is 1. The highest BCUT2D eigenvalue weighted by Crippen LogP contribution is 2.32. The van der Waals surface area contributed by atoms with E-state index in [0.29, 0.717) is 25.2 Å². The number of benzene rings is 3. The van der Waals surface area contributed by atoms with Crippen molar-refractivity contribution in [1.29, 1.82) is 0 Å². The van der Waals surface area contributed by atoms with Gasteiger partial charge in [0.1, 0.15) is 24.2 Å². The molecule has 3 aromatic rings. The third-order valence-corrected chi connectivity index (χ3v) is 8.77. The van der Waals surface area contributed by atoms with Gasteiger partial charge in [-0.05, 0) is 130 Å². The summed E-state index contributed by atoms with van der Waals surface area (Å²) in [5.41, 5.74) is 13.9. The lowest BCUT2D eigenvalue weighted by Crippen LogP contribution is -2.40. The second-order valence-electron chi connectivity index (χ2n) is 11.6. The SMILES string of the molecule is Cc1cc(OCC(O)CN2CCC(c3ccc(-c4ccc(OC5CCCC5)cc4)cc3)CC2)c(C)c(C)c1N. The molecule has 0 bridgehead atoms. The van der Waals surface area contributed by atoms with Crippen LogP contribution in [0.5, 0.6) is 11.5 Å². The normalized spacial score (nSPS) is 17.8. The summed E-state index contributed by atoms with van der Waals surface area (Å²) in [6.45, 7) is 8.94. The lowest BCUT2D eigenvalue weighted by atomic mass is 9.88. The third kappa shape index (κ3) is 6.77. The van der Waals surface area contributed by atoms with Crippen LogP contribution in [0.4, 0.5) is 5.69 Å². The number of aryl methyl sites for hydroxylation is 1. The van der Waals surface area contributed by atoms with Crippen molar-refractivity contribution in [2.45, 2.75) is 77.4 Å². The molecule has 5 nitrogen and oxygen atoms in total. The predicted molar refractivity (Wildman–Crippen MR) is 160 cm³/mol. The number of nitrogens with two attached hydrogens (primary N) is 1. The minimum Gasteiger partial charge on any atom is -0.491 e. The maximum Gasteiger partial charge on any atom is 0.123 e. The number of rotatable bonds is 9. The van der Waals surface area contributed by atoms with Crippen LogP contribution in [-0.2, 0) is 0 Å². The van der Waals surface area contributed by atoms with Gasteiger partial charge in [0, 0.05) is 12.2 Å². The average molecular weight is 529 g/mol. The summed E-state index contributed by atoms with van der Waals surface area (Å²) in [6.07, 6.45) is 7.02. The molecule has 208 valence electrons. The Balaban J connectivity index is 1.08. The van der Waals surface area contributed by atoms with Gasteiger partial charge in [0.25, 0.3) is 0 Å². The van der Waals surface area contributed by atoms with Crippen LogP contribution in [0.2, 0.25) is 0 Å². The lowest BCUT2D eigenvalue weighted by molar-refractivity contribution is 0.0592. The zero-order valence-corrected chi connectivity index (χ0v) is 23.8. The third-order valence-electron chi connectivity index (χ3n) is 8.77. The number of aliphatic hydroxyl groups is 1. The lowest BCUT2D eigenvalue weighted by Gasteiger charge is -2.33. The number of nitrogens with zero attached hydrogens (tertiary/aromatic N) is 1. The van der Waals surface area contributed by atoms with Crippen LogP contribution < -0.4 is 15.2 Å². The average Bonchev–Trinajstić information content (AvgIpc) is 3.47. The van der Waals surface area contributed by atoms with Gasteiger partial charge in [-0.1, -0.05) is 36.4 Å². The van der Waals surface area contributed by atoms with E-state index < -0.39 is 6.10 Å². The first-order chi connectivity index (χ1) is 18.9. The number of aliphatic hydroxyl groups excluding tert-OH is 1. The van der Waals surface area contributed by atoms with E-state index in [9.17, 15) is 5.11 Å². The summed E-state index contributed by atoms with van der Waals surface area (Å²) in [7, 11) is 0. The molecule has 3 N–H and O–H groups in total. The first-order valence-corrected chi connectivity index (χ1v) is 14.6. The fourth-order valence-corrected chi connectivity index (χ4v) is 6.07. The molecule has 1 unspecified atom stereocenters. The van der Waals surface area contributed by atoms with Crippen LogP contribution in [-0.4, -0.2) is 48.5 Å². The van der Waals surface area contributed by atoms with Crippen molar-refractivity contribution in [2.75, 3.05) is 32.0 Å². The van der Waals surface area contributed by atoms with Gasteiger partial charge in [-0.2, -0.15) is 0 Å². The molecule has 3 aromatic carbocycles. The number of nitrogen functional groups attached to an aromatic ring is 1. The molecule has 1 heterocycles. The minimum atomic E-state index is -0.520. The van der Waals surface area contributed by atoms with E-state index in [4.69, 9.17) is 15.2 Å². The summed E-state index contributed by atoms with van der Waals surface area (Å²) in [4.78, 5) is 2.36. The molecule has 1 saturated carbocycles. The fraction of sp³-hybridized carbons (Fsp3) is 0.471. The van der Waals surface area contributed by atoms with Crippen LogP contribution in [0.25, 0.3) is 11.1 Å². The first-order valence-electron chi connectivity index (χ1n) is 14.6. The van der Waals surface area contributed by atoms with Crippen molar-refractivity contribution in [2.24, 2.45) is 0 Å². The van der Waals surface area contributed by atoms with Crippen LogP contribution in [0.15, 0.2) is 54.6 Å². The molecule has 39 heavy (non-hydrogen) atoms. The second kappa shape index (κ2) is 12.4. The van der Waals surface area contributed by atoms with Gasteiger partial charge in [-0.3, -0.25) is 0 Å². The Morgan fingerprint density at radius 3 is 2.13 bits per heavy atom. The number of piperidine rings is 1. The van der Waals surface area contributed by atoms with Gasteiger partial charge in [0.2, 0.25) is 0 Å². The van der Waals surface area contributed by atoms with Gasteiger partial charge in [-0.25, -0.2) is 0 Å². The number of ether oxygens (including phenoxy) is 2. The van der Waals surface area contributed by atoms with E-state index in [2.05, 4.69) is 53.4 Å². The molecule has 0 amide bonds. The molecular formula is C34H44N2O3. The first kappa shape index (κ1) is 27.5. The fourth-order valence-electron chi connectivity index (χ4n) is 6.07. The minimum absolute atomic E-state index is 0.290. The van der Waals surface area contributed by atoms with E-state index in [1.807, 2.05) is 26.8 Å². The quantitative estimate of drug-likeness (QED) is 0.299. The summed E-state index contributed by atoms with van der Waals surface area (Å²) in [5, 5.41) is 10.7. The van der Waals surface area contributed by atoms with E-state index in [1.165, 1.54) is 42.4 Å².